The quantitative estimate of drug-likeness (QED) is 0.728. The van der Waals surface area contributed by atoms with Crippen LogP contribution >= 0.6 is 0 Å². The maximum absolute atomic E-state index is 13.2. The molecule has 28 heavy (non-hydrogen) atoms. The highest BCUT2D eigenvalue weighted by Crippen LogP contribution is 2.39. The van der Waals surface area contributed by atoms with Crippen LogP contribution in [0.4, 0.5) is 0 Å². The minimum Gasteiger partial charge on any atom is -0.496 e. The monoisotopic (exact) mass is 387 g/mol. The average molecular weight is 387 g/mol. The Hall–Kier alpha value is -3.09. The zero-order chi connectivity index (χ0) is 20.3. The van der Waals surface area contributed by atoms with Gasteiger partial charge in [-0.2, -0.15) is 0 Å². The average Bonchev–Trinajstić information content (AvgIpc) is 2.74. The van der Waals surface area contributed by atoms with Crippen molar-refractivity contribution in [3.8, 4) is 28.7 Å². The highest BCUT2D eigenvalue weighted by Gasteiger charge is 2.29. The van der Waals surface area contributed by atoms with Gasteiger partial charge in [-0.1, -0.05) is 0 Å². The van der Waals surface area contributed by atoms with Crippen molar-refractivity contribution < 1.29 is 28.5 Å². The van der Waals surface area contributed by atoms with Crippen LogP contribution in [0.2, 0.25) is 0 Å². The van der Waals surface area contributed by atoms with Crippen molar-refractivity contribution in [2.24, 2.45) is 0 Å². The smallest absolute Gasteiger partial charge is 0.254 e. The molecule has 0 saturated carbocycles. The lowest BCUT2D eigenvalue weighted by Crippen LogP contribution is -2.37. The minimum atomic E-state index is -0.0749. The first-order chi connectivity index (χ1) is 13.6. The lowest BCUT2D eigenvalue weighted by atomic mass is 9.97. The van der Waals surface area contributed by atoms with Gasteiger partial charge in [-0.25, -0.2) is 0 Å². The first-order valence-corrected chi connectivity index (χ1v) is 8.89. The lowest BCUT2D eigenvalue weighted by Gasteiger charge is -2.30. The number of benzene rings is 2. The molecule has 2 aromatic rings. The number of amides is 1. The number of carbonyl (C=O) groups excluding carboxylic acids is 1. The number of ether oxygens (including phenoxy) is 5. The van der Waals surface area contributed by atoms with Crippen molar-refractivity contribution in [1.82, 2.24) is 4.90 Å². The molecule has 0 radical (unpaired) electrons. The van der Waals surface area contributed by atoms with Crippen molar-refractivity contribution >= 4 is 5.91 Å². The predicted octanol–water partition coefficient (Wildman–Crippen LogP) is 2.93. The van der Waals surface area contributed by atoms with Gasteiger partial charge in [0.25, 0.3) is 5.91 Å². The largest absolute Gasteiger partial charge is 0.496 e. The zero-order valence-corrected chi connectivity index (χ0v) is 16.8. The molecule has 0 bridgehead atoms. The van der Waals surface area contributed by atoms with E-state index in [1.807, 2.05) is 12.1 Å². The molecule has 1 aliphatic rings. The number of rotatable bonds is 7. The topological polar surface area (TPSA) is 66.5 Å². The van der Waals surface area contributed by atoms with E-state index in [2.05, 4.69) is 0 Å². The number of hydrogen-bond acceptors (Lipinski definition) is 6. The van der Waals surface area contributed by atoms with E-state index in [9.17, 15) is 4.79 Å². The maximum Gasteiger partial charge on any atom is 0.254 e. The summed E-state index contributed by atoms with van der Waals surface area (Å²) in [5, 5.41) is 0. The lowest BCUT2D eigenvalue weighted by molar-refractivity contribution is 0.0723. The molecule has 0 aliphatic carbocycles. The molecule has 0 aromatic heterocycles. The molecule has 0 saturated heterocycles. The van der Waals surface area contributed by atoms with Gasteiger partial charge in [0.2, 0.25) is 0 Å². The Labute approximate surface area is 164 Å². The van der Waals surface area contributed by atoms with Crippen molar-refractivity contribution in [3.63, 3.8) is 0 Å². The van der Waals surface area contributed by atoms with E-state index in [4.69, 9.17) is 23.7 Å². The molecule has 2 aromatic carbocycles. The Kier molecular flexibility index (Phi) is 5.82. The van der Waals surface area contributed by atoms with E-state index in [0.29, 0.717) is 47.4 Å². The van der Waals surface area contributed by atoms with E-state index in [0.717, 1.165) is 17.5 Å². The van der Waals surface area contributed by atoms with Gasteiger partial charge in [0.15, 0.2) is 23.0 Å². The summed E-state index contributed by atoms with van der Waals surface area (Å²) in [7, 11) is 7.89. The summed E-state index contributed by atoms with van der Waals surface area (Å²) in [6.07, 6.45) is 0.718. The third-order valence-electron chi connectivity index (χ3n) is 4.95. The molecule has 0 N–H and O–H groups in total. The van der Waals surface area contributed by atoms with Gasteiger partial charge >= 0.3 is 0 Å². The molecular formula is C21H25NO6. The molecule has 7 heteroatoms. The Bertz CT molecular complexity index is 880. The second kappa shape index (κ2) is 8.29. The van der Waals surface area contributed by atoms with Crippen LogP contribution in [0, 0.1) is 0 Å². The van der Waals surface area contributed by atoms with Crippen LogP contribution in [-0.4, -0.2) is 52.9 Å². The minimum absolute atomic E-state index is 0.0749. The van der Waals surface area contributed by atoms with Gasteiger partial charge in [-0.05, 0) is 36.2 Å². The molecule has 0 fully saturated rings. The maximum atomic E-state index is 13.2. The molecule has 1 aliphatic heterocycles. The fourth-order valence-corrected chi connectivity index (χ4v) is 3.51. The molecule has 1 amide bonds. The molecule has 150 valence electrons. The molecule has 0 unspecified atom stereocenters. The molecule has 0 spiro atoms. The second-order valence-corrected chi connectivity index (χ2v) is 6.32. The number of nitrogens with zero attached hydrogens (tertiary/aromatic N) is 1. The SMILES string of the molecule is COc1cc2c(cc1OC)C(=O)N(Cc1c(OC)ccc(OC)c1OC)CC2. The normalized spacial score (nSPS) is 13.0. The number of fused-ring (bicyclic) bond motifs is 1. The highest BCUT2D eigenvalue weighted by atomic mass is 16.5. The van der Waals surface area contributed by atoms with E-state index >= 15 is 0 Å². The Morgan fingerprint density at radius 3 is 2.04 bits per heavy atom. The number of carbonyl (C=O) groups is 1. The third kappa shape index (κ3) is 3.40. The third-order valence-corrected chi connectivity index (χ3v) is 4.95. The summed E-state index contributed by atoms with van der Waals surface area (Å²) < 4.78 is 27.1. The van der Waals surface area contributed by atoms with Crippen LogP contribution in [0.3, 0.4) is 0 Å². The van der Waals surface area contributed by atoms with Crippen LogP contribution in [0.5, 0.6) is 28.7 Å². The van der Waals surface area contributed by atoms with E-state index in [1.54, 1.807) is 52.6 Å². The van der Waals surface area contributed by atoms with Crippen molar-refractivity contribution in [2.75, 3.05) is 42.1 Å². The van der Waals surface area contributed by atoms with Gasteiger partial charge < -0.3 is 28.6 Å². The van der Waals surface area contributed by atoms with Gasteiger partial charge in [-0.3, -0.25) is 4.79 Å². The Morgan fingerprint density at radius 2 is 1.43 bits per heavy atom. The van der Waals surface area contributed by atoms with Gasteiger partial charge in [0.1, 0.15) is 5.75 Å². The first kappa shape index (κ1) is 19.7. The van der Waals surface area contributed by atoms with Crippen LogP contribution in [0.1, 0.15) is 21.5 Å². The van der Waals surface area contributed by atoms with E-state index in [-0.39, 0.29) is 5.91 Å². The summed E-state index contributed by atoms with van der Waals surface area (Å²) in [4.78, 5) is 14.9. The second-order valence-electron chi connectivity index (χ2n) is 6.32. The van der Waals surface area contributed by atoms with Gasteiger partial charge in [0, 0.05) is 12.1 Å². The first-order valence-electron chi connectivity index (χ1n) is 8.89. The van der Waals surface area contributed by atoms with Crippen LogP contribution in [0.25, 0.3) is 0 Å². The highest BCUT2D eigenvalue weighted by molar-refractivity contribution is 5.97. The van der Waals surface area contributed by atoms with E-state index in [1.165, 1.54) is 0 Å². The van der Waals surface area contributed by atoms with Gasteiger partial charge in [0.05, 0.1) is 47.7 Å². The van der Waals surface area contributed by atoms with Crippen molar-refractivity contribution in [3.05, 3.63) is 41.0 Å². The van der Waals surface area contributed by atoms with Gasteiger partial charge in [-0.15, -0.1) is 0 Å². The van der Waals surface area contributed by atoms with Crippen LogP contribution in [-0.2, 0) is 13.0 Å². The van der Waals surface area contributed by atoms with E-state index < -0.39 is 0 Å². The number of methoxy groups -OCH3 is 5. The molecular weight excluding hydrogens is 362 g/mol. The van der Waals surface area contributed by atoms with Crippen molar-refractivity contribution in [2.45, 2.75) is 13.0 Å². The standard InChI is InChI=1S/C21H25NO6/c1-24-16-6-7-17(25-2)20(28-5)15(16)12-22-9-8-13-10-18(26-3)19(27-4)11-14(13)21(22)23/h6-7,10-11H,8-9,12H2,1-5H3. The summed E-state index contributed by atoms with van der Waals surface area (Å²) in [5.74, 6) is 2.88. The molecule has 0 atom stereocenters. The predicted molar refractivity (Wildman–Crippen MR) is 104 cm³/mol. The summed E-state index contributed by atoms with van der Waals surface area (Å²) in [6, 6.07) is 7.21. The molecule has 7 nitrogen and oxygen atoms in total. The number of hydrogen-bond donors (Lipinski definition) is 0. The molecule has 3 rings (SSSR count). The van der Waals surface area contributed by atoms with Crippen molar-refractivity contribution in [1.29, 1.82) is 0 Å². The zero-order valence-electron chi connectivity index (χ0n) is 16.8. The van der Waals surface area contributed by atoms with Crippen LogP contribution < -0.4 is 23.7 Å². The Morgan fingerprint density at radius 1 is 0.821 bits per heavy atom. The summed E-state index contributed by atoms with van der Waals surface area (Å²) >= 11 is 0. The molecule has 1 heterocycles. The Balaban J connectivity index is 1.97. The summed E-state index contributed by atoms with van der Waals surface area (Å²) in [6.45, 7) is 0.918. The summed E-state index contributed by atoms with van der Waals surface area (Å²) in [5.41, 5.74) is 2.33. The fraction of sp³-hybridized carbons (Fsp3) is 0.381. The van der Waals surface area contributed by atoms with Crippen LogP contribution in [0.15, 0.2) is 24.3 Å². The fourth-order valence-electron chi connectivity index (χ4n) is 3.51.